The number of hydrogen-bond donors (Lipinski definition) is 2. The van der Waals surface area contributed by atoms with Crippen molar-refractivity contribution in [3.05, 3.63) is 49.6 Å². The first-order valence-electron chi connectivity index (χ1n) is 5.79. The van der Waals surface area contributed by atoms with Gasteiger partial charge in [0.1, 0.15) is 11.5 Å². The second-order valence-corrected chi connectivity index (χ2v) is 4.81. The molecule has 0 aromatic heterocycles. The molecule has 108 valence electrons. The standard InChI is InChI=1S/C14H17NO3S2/c1-4-12(19)15(13(20)5-2)14(16)18-11-8-6-10(17-3)7-9-11/h4-9,12-13,19-20H,1-2H2,3H3. The van der Waals surface area contributed by atoms with Crippen LogP contribution in [0.4, 0.5) is 4.79 Å². The molecular formula is C14H17NO3S2. The molecule has 0 aliphatic rings. The van der Waals surface area contributed by atoms with Crippen molar-refractivity contribution in [2.24, 2.45) is 0 Å². The number of rotatable bonds is 6. The van der Waals surface area contributed by atoms with E-state index in [2.05, 4.69) is 38.4 Å². The van der Waals surface area contributed by atoms with Gasteiger partial charge in [0.2, 0.25) is 0 Å². The van der Waals surface area contributed by atoms with Gasteiger partial charge in [0.25, 0.3) is 0 Å². The number of nitrogens with zero attached hydrogens (tertiary/aromatic N) is 1. The molecule has 1 rings (SSSR count). The van der Waals surface area contributed by atoms with Crippen molar-refractivity contribution >= 4 is 31.4 Å². The summed E-state index contributed by atoms with van der Waals surface area (Å²) < 4.78 is 10.3. The zero-order valence-corrected chi connectivity index (χ0v) is 12.9. The lowest BCUT2D eigenvalue weighted by Gasteiger charge is -2.28. The Morgan fingerprint density at radius 2 is 1.60 bits per heavy atom. The van der Waals surface area contributed by atoms with Gasteiger partial charge in [-0.15, -0.1) is 13.2 Å². The largest absolute Gasteiger partial charge is 0.497 e. The normalized spacial score (nSPS) is 12.9. The van der Waals surface area contributed by atoms with E-state index in [1.54, 1.807) is 31.4 Å². The molecule has 0 bridgehead atoms. The summed E-state index contributed by atoms with van der Waals surface area (Å²) in [6.07, 6.45) is 2.42. The molecule has 1 amide bonds. The molecule has 0 saturated carbocycles. The molecule has 0 spiro atoms. The Bertz CT molecular complexity index is 462. The van der Waals surface area contributed by atoms with Crippen molar-refractivity contribution in [2.45, 2.75) is 10.7 Å². The minimum Gasteiger partial charge on any atom is -0.497 e. The molecule has 0 saturated heterocycles. The van der Waals surface area contributed by atoms with Crippen LogP contribution in [0.2, 0.25) is 0 Å². The van der Waals surface area contributed by atoms with E-state index in [0.29, 0.717) is 11.5 Å². The molecule has 0 fully saturated rings. The number of carbonyl (C=O) groups excluding carboxylic acids is 1. The maximum absolute atomic E-state index is 12.1. The maximum atomic E-state index is 12.1. The molecule has 4 nitrogen and oxygen atoms in total. The lowest BCUT2D eigenvalue weighted by atomic mass is 10.3. The van der Waals surface area contributed by atoms with Crippen LogP contribution < -0.4 is 9.47 Å². The number of amides is 1. The molecule has 1 aromatic carbocycles. The van der Waals surface area contributed by atoms with Crippen molar-refractivity contribution in [2.75, 3.05) is 7.11 Å². The van der Waals surface area contributed by atoms with Gasteiger partial charge in [-0.1, -0.05) is 12.2 Å². The van der Waals surface area contributed by atoms with E-state index in [1.807, 2.05) is 0 Å². The number of thiol groups is 2. The lowest BCUT2D eigenvalue weighted by Crippen LogP contribution is -2.42. The molecule has 0 radical (unpaired) electrons. The molecular weight excluding hydrogens is 294 g/mol. The van der Waals surface area contributed by atoms with Crippen LogP contribution in [-0.4, -0.2) is 28.9 Å². The zero-order valence-electron chi connectivity index (χ0n) is 11.1. The van der Waals surface area contributed by atoms with Crippen LogP contribution in [-0.2, 0) is 0 Å². The highest BCUT2D eigenvalue weighted by atomic mass is 32.1. The molecule has 0 heterocycles. The summed E-state index contributed by atoms with van der Waals surface area (Å²) in [5.74, 6) is 1.08. The Morgan fingerprint density at radius 3 is 2.00 bits per heavy atom. The summed E-state index contributed by atoms with van der Waals surface area (Å²) >= 11 is 8.49. The van der Waals surface area contributed by atoms with Crippen LogP contribution in [0.15, 0.2) is 49.6 Å². The monoisotopic (exact) mass is 311 g/mol. The summed E-state index contributed by atoms with van der Waals surface area (Å²) in [6.45, 7) is 7.20. The van der Waals surface area contributed by atoms with Crippen molar-refractivity contribution < 1.29 is 14.3 Å². The van der Waals surface area contributed by atoms with E-state index in [4.69, 9.17) is 9.47 Å². The first-order valence-corrected chi connectivity index (χ1v) is 6.82. The van der Waals surface area contributed by atoms with Gasteiger partial charge in [-0.05, 0) is 24.3 Å². The minimum absolute atomic E-state index is 0.398. The van der Waals surface area contributed by atoms with E-state index in [1.165, 1.54) is 17.1 Å². The first-order chi connectivity index (χ1) is 9.53. The third-order valence-electron chi connectivity index (χ3n) is 2.47. The molecule has 2 atom stereocenters. The van der Waals surface area contributed by atoms with Crippen LogP contribution in [0, 0.1) is 0 Å². The van der Waals surface area contributed by atoms with Crippen LogP contribution >= 0.6 is 25.3 Å². The maximum Gasteiger partial charge on any atom is 0.417 e. The minimum atomic E-state index is -0.588. The molecule has 6 heteroatoms. The van der Waals surface area contributed by atoms with Gasteiger partial charge in [0, 0.05) is 0 Å². The smallest absolute Gasteiger partial charge is 0.417 e. The molecule has 20 heavy (non-hydrogen) atoms. The van der Waals surface area contributed by atoms with E-state index in [9.17, 15) is 4.79 Å². The van der Waals surface area contributed by atoms with Gasteiger partial charge < -0.3 is 9.47 Å². The highest BCUT2D eigenvalue weighted by Gasteiger charge is 2.25. The van der Waals surface area contributed by atoms with Crippen molar-refractivity contribution in [1.29, 1.82) is 0 Å². The van der Waals surface area contributed by atoms with E-state index < -0.39 is 16.8 Å². The quantitative estimate of drug-likeness (QED) is 0.480. The van der Waals surface area contributed by atoms with E-state index >= 15 is 0 Å². The third kappa shape index (κ3) is 4.25. The fourth-order valence-electron chi connectivity index (χ4n) is 1.40. The molecule has 1 aromatic rings. The summed E-state index contributed by atoms with van der Waals surface area (Å²) in [6, 6.07) is 6.67. The molecule has 0 N–H and O–H groups in total. The Kier molecular flexibility index (Phi) is 6.54. The van der Waals surface area contributed by atoms with Crippen molar-refractivity contribution in [3.8, 4) is 11.5 Å². The van der Waals surface area contributed by atoms with Gasteiger partial charge in [0.05, 0.1) is 17.9 Å². The topological polar surface area (TPSA) is 38.8 Å². The predicted molar refractivity (Wildman–Crippen MR) is 86.8 cm³/mol. The highest BCUT2D eigenvalue weighted by Crippen LogP contribution is 2.21. The highest BCUT2D eigenvalue weighted by molar-refractivity contribution is 7.82. The van der Waals surface area contributed by atoms with Crippen LogP contribution in [0.3, 0.4) is 0 Å². The fraction of sp³-hybridized carbons (Fsp3) is 0.214. The van der Waals surface area contributed by atoms with Gasteiger partial charge >= 0.3 is 6.09 Å². The average molecular weight is 311 g/mol. The van der Waals surface area contributed by atoms with E-state index in [-0.39, 0.29) is 0 Å². The lowest BCUT2D eigenvalue weighted by molar-refractivity contribution is 0.155. The van der Waals surface area contributed by atoms with Crippen LogP contribution in [0.25, 0.3) is 0 Å². The number of benzene rings is 1. The Labute approximate surface area is 129 Å². The van der Waals surface area contributed by atoms with Gasteiger partial charge in [-0.3, -0.25) is 4.90 Å². The Hall–Kier alpha value is -1.53. The summed E-state index contributed by atoms with van der Waals surface area (Å²) in [4.78, 5) is 13.4. The first kappa shape index (κ1) is 16.5. The van der Waals surface area contributed by atoms with Crippen LogP contribution in [0.5, 0.6) is 11.5 Å². The fourth-order valence-corrected chi connectivity index (χ4v) is 1.98. The van der Waals surface area contributed by atoms with Gasteiger partial charge in [0.15, 0.2) is 0 Å². The Morgan fingerprint density at radius 1 is 1.15 bits per heavy atom. The molecule has 0 aliphatic carbocycles. The van der Waals surface area contributed by atoms with Gasteiger partial charge in [-0.2, -0.15) is 25.3 Å². The number of ether oxygens (including phenoxy) is 2. The molecule has 0 aliphatic heterocycles. The third-order valence-corrected chi connectivity index (χ3v) is 3.39. The molecule has 2 unspecified atom stereocenters. The average Bonchev–Trinajstić information content (AvgIpc) is 2.47. The summed E-state index contributed by atoms with van der Waals surface area (Å²) in [7, 11) is 1.56. The number of hydrogen-bond acceptors (Lipinski definition) is 5. The SMILES string of the molecule is C=CC(S)N(C(=O)Oc1ccc(OC)cc1)C(S)C=C. The van der Waals surface area contributed by atoms with E-state index in [0.717, 1.165) is 0 Å². The van der Waals surface area contributed by atoms with Crippen LogP contribution in [0.1, 0.15) is 0 Å². The number of methoxy groups -OCH3 is 1. The van der Waals surface area contributed by atoms with Gasteiger partial charge in [-0.25, -0.2) is 4.79 Å². The predicted octanol–water partition coefficient (Wildman–Crippen LogP) is 3.38. The van der Waals surface area contributed by atoms with Crippen molar-refractivity contribution in [3.63, 3.8) is 0 Å². The second-order valence-electron chi connectivity index (χ2n) is 3.75. The Balaban J connectivity index is 2.84. The second kappa shape index (κ2) is 7.91. The zero-order chi connectivity index (χ0) is 15.1. The van der Waals surface area contributed by atoms with Crippen molar-refractivity contribution in [1.82, 2.24) is 4.90 Å². The summed E-state index contributed by atoms with van der Waals surface area (Å²) in [5, 5.41) is -1.05. The number of carbonyl (C=O) groups is 1. The summed E-state index contributed by atoms with van der Waals surface area (Å²) in [5.41, 5.74) is 0.